The minimum absolute atomic E-state index is 0.0229. The highest BCUT2D eigenvalue weighted by Gasteiger charge is 2.16. The molecule has 2 amide bonds. The van der Waals surface area contributed by atoms with E-state index in [1.807, 2.05) is 0 Å². The smallest absolute Gasteiger partial charge is 0.251 e. The van der Waals surface area contributed by atoms with Gasteiger partial charge in [0, 0.05) is 23.7 Å². The predicted octanol–water partition coefficient (Wildman–Crippen LogP) is 3.10. The maximum atomic E-state index is 12.1. The predicted molar refractivity (Wildman–Crippen MR) is 79.7 cm³/mol. The number of carbonyl (C=O) groups is 2. The van der Waals surface area contributed by atoms with Crippen LogP contribution in [0.5, 0.6) is 0 Å². The molecule has 1 aromatic carbocycles. The molecular weight excluding hydrogens is 252 g/mol. The first-order valence-corrected chi connectivity index (χ1v) is 7.40. The highest BCUT2D eigenvalue weighted by molar-refractivity contribution is 5.95. The molecule has 0 unspecified atom stereocenters. The van der Waals surface area contributed by atoms with E-state index in [0.717, 1.165) is 18.5 Å². The summed E-state index contributed by atoms with van der Waals surface area (Å²) >= 11 is 0. The second-order valence-electron chi connectivity index (χ2n) is 5.29. The van der Waals surface area contributed by atoms with Crippen LogP contribution in [0.2, 0.25) is 0 Å². The van der Waals surface area contributed by atoms with E-state index in [1.54, 1.807) is 31.2 Å². The van der Waals surface area contributed by atoms with Crippen LogP contribution in [0, 0.1) is 0 Å². The summed E-state index contributed by atoms with van der Waals surface area (Å²) < 4.78 is 0. The first-order valence-electron chi connectivity index (χ1n) is 7.40. The van der Waals surface area contributed by atoms with Gasteiger partial charge < -0.3 is 10.6 Å². The van der Waals surface area contributed by atoms with Crippen LogP contribution in [-0.4, -0.2) is 17.9 Å². The number of anilines is 1. The molecule has 4 nitrogen and oxygen atoms in total. The number of amides is 2. The van der Waals surface area contributed by atoms with Crippen molar-refractivity contribution in [1.29, 1.82) is 0 Å². The maximum absolute atomic E-state index is 12.1. The van der Waals surface area contributed by atoms with Gasteiger partial charge in [0.15, 0.2) is 0 Å². The third kappa shape index (κ3) is 4.08. The van der Waals surface area contributed by atoms with Crippen molar-refractivity contribution in [3.05, 3.63) is 29.8 Å². The molecule has 1 aromatic rings. The quantitative estimate of drug-likeness (QED) is 0.886. The Morgan fingerprint density at radius 2 is 1.75 bits per heavy atom. The zero-order valence-corrected chi connectivity index (χ0v) is 11.9. The zero-order chi connectivity index (χ0) is 14.4. The van der Waals surface area contributed by atoms with Gasteiger partial charge in [0.25, 0.3) is 5.91 Å². The number of hydrogen-bond donors (Lipinski definition) is 2. The average molecular weight is 274 g/mol. The van der Waals surface area contributed by atoms with Crippen molar-refractivity contribution >= 4 is 17.5 Å². The van der Waals surface area contributed by atoms with E-state index in [1.165, 1.54) is 19.3 Å². The van der Waals surface area contributed by atoms with E-state index in [0.29, 0.717) is 18.0 Å². The summed E-state index contributed by atoms with van der Waals surface area (Å²) in [6.07, 6.45) is 6.29. The fourth-order valence-electron chi connectivity index (χ4n) is 2.47. The third-order valence-corrected chi connectivity index (χ3v) is 3.69. The average Bonchev–Trinajstić information content (AvgIpc) is 2.49. The summed E-state index contributed by atoms with van der Waals surface area (Å²) in [7, 11) is 0. The molecule has 0 saturated heterocycles. The van der Waals surface area contributed by atoms with Crippen LogP contribution in [0.15, 0.2) is 24.3 Å². The Labute approximate surface area is 119 Å². The molecule has 1 saturated carbocycles. The van der Waals surface area contributed by atoms with E-state index in [-0.39, 0.29) is 11.8 Å². The van der Waals surface area contributed by atoms with Gasteiger partial charge in [0.05, 0.1) is 0 Å². The molecule has 4 heteroatoms. The molecule has 0 spiro atoms. The molecule has 1 aliphatic carbocycles. The molecule has 0 bridgehead atoms. The van der Waals surface area contributed by atoms with Crippen molar-refractivity contribution in [3.63, 3.8) is 0 Å². The summed E-state index contributed by atoms with van der Waals surface area (Å²) in [4.78, 5) is 23.4. The molecule has 2 rings (SSSR count). The molecule has 2 N–H and O–H groups in total. The van der Waals surface area contributed by atoms with Gasteiger partial charge in [-0.05, 0) is 37.1 Å². The Morgan fingerprint density at radius 1 is 1.10 bits per heavy atom. The van der Waals surface area contributed by atoms with E-state index in [2.05, 4.69) is 10.6 Å². The largest absolute Gasteiger partial charge is 0.349 e. The highest BCUT2D eigenvalue weighted by Crippen LogP contribution is 2.18. The first kappa shape index (κ1) is 14.6. The van der Waals surface area contributed by atoms with Crippen molar-refractivity contribution < 1.29 is 9.59 Å². The Balaban J connectivity index is 1.91. The molecule has 0 radical (unpaired) electrons. The summed E-state index contributed by atoms with van der Waals surface area (Å²) in [5.74, 6) is -0.0466. The Kier molecular flexibility index (Phi) is 5.16. The summed E-state index contributed by atoms with van der Waals surface area (Å²) in [6.45, 7) is 1.81. The van der Waals surface area contributed by atoms with Gasteiger partial charge in [-0.3, -0.25) is 9.59 Å². The topological polar surface area (TPSA) is 58.2 Å². The first-order chi connectivity index (χ1) is 9.69. The van der Waals surface area contributed by atoms with Crippen LogP contribution in [-0.2, 0) is 4.79 Å². The summed E-state index contributed by atoms with van der Waals surface area (Å²) in [5.41, 5.74) is 1.37. The number of benzene rings is 1. The van der Waals surface area contributed by atoms with E-state index in [9.17, 15) is 9.59 Å². The number of rotatable bonds is 4. The number of hydrogen-bond acceptors (Lipinski definition) is 2. The zero-order valence-electron chi connectivity index (χ0n) is 11.9. The summed E-state index contributed by atoms with van der Waals surface area (Å²) in [6, 6.07) is 7.36. The lowest BCUT2D eigenvalue weighted by molar-refractivity contribution is -0.115. The van der Waals surface area contributed by atoms with Crippen LogP contribution in [0.4, 0.5) is 5.69 Å². The van der Waals surface area contributed by atoms with E-state index < -0.39 is 0 Å². The molecular formula is C16H22N2O2. The van der Waals surface area contributed by atoms with Crippen molar-refractivity contribution in [1.82, 2.24) is 5.32 Å². The van der Waals surface area contributed by atoms with Crippen LogP contribution < -0.4 is 10.6 Å². The SMILES string of the molecule is CCC(=O)Nc1ccc(C(=O)NC2CCCCC2)cc1. The fourth-order valence-corrected chi connectivity index (χ4v) is 2.47. The standard InChI is InChI=1S/C16H22N2O2/c1-2-15(19)17-14-10-8-12(9-11-14)16(20)18-13-6-4-3-5-7-13/h8-11,13H,2-7H2,1H3,(H,17,19)(H,18,20). The lowest BCUT2D eigenvalue weighted by Crippen LogP contribution is -2.36. The van der Waals surface area contributed by atoms with Gasteiger partial charge in [0.2, 0.25) is 5.91 Å². The van der Waals surface area contributed by atoms with Gasteiger partial charge in [-0.25, -0.2) is 0 Å². The maximum Gasteiger partial charge on any atom is 0.251 e. The van der Waals surface area contributed by atoms with E-state index in [4.69, 9.17) is 0 Å². The van der Waals surface area contributed by atoms with Crippen molar-refractivity contribution in [2.75, 3.05) is 5.32 Å². The van der Waals surface area contributed by atoms with Crippen molar-refractivity contribution in [3.8, 4) is 0 Å². The van der Waals surface area contributed by atoms with Gasteiger partial charge in [-0.15, -0.1) is 0 Å². The fraction of sp³-hybridized carbons (Fsp3) is 0.500. The van der Waals surface area contributed by atoms with Crippen molar-refractivity contribution in [2.24, 2.45) is 0 Å². The second-order valence-corrected chi connectivity index (χ2v) is 5.29. The molecule has 0 aromatic heterocycles. The van der Waals surface area contributed by atoms with Gasteiger partial charge in [-0.2, -0.15) is 0 Å². The van der Waals surface area contributed by atoms with Gasteiger partial charge >= 0.3 is 0 Å². The molecule has 1 aliphatic rings. The third-order valence-electron chi connectivity index (χ3n) is 3.69. The minimum Gasteiger partial charge on any atom is -0.349 e. The second kappa shape index (κ2) is 7.08. The van der Waals surface area contributed by atoms with E-state index >= 15 is 0 Å². The number of carbonyl (C=O) groups excluding carboxylic acids is 2. The Bertz CT molecular complexity index is 462. The van der Waals surface area contributed by atoms with Gasteiger partial charge in [0.1, 0.15) is 0 Å². The monoisotopic (exact) mass is 274 g/mol. The van der Waals surface area contributed by atoms with Gasteiger partial charge in [-0.1, -0.05) is 26.2 Å². The Morgan fingerprint density at radius 3 is 2.35 bits per heavy atom. The molecule has 0 aliphatic heterocycles. The number of nitrogens with one attached hydrogen (secondary N) is 2. The summed E-state index contributed by atoms with van der Waals surface area (Å²) in [5, 5.41) is 5.85. The normalized spacial score (nSPS) is 15.7. The Hall–Kier alpha value is -1.84. The lowest BCUT2D eigenvalue weighted by Gasteiger charge is -2.22. The molecule has 108 valence electrons. The van der Waals surface area contributed by atoms with Crippen LogP contribution in [0.1, 0.15) is 55.8 Å². The molecule has 20 heavy (non-hydrogen) atoms. The molecule has 0 atom stereocenters. The van der Waals surface area contributed by atoms with Crippen LogP contribution >= 0.6 is 0 Å². The lowest BCUT2D eigenvalue weighted by atomic mass is 9.95. The molecule has 1 fully saturated rings. The highest BCUT2D eigenvalue weighted by atomic mass is 16.2. The molecule has 0 heterocycles. The van der Waals surface area contributed by atoms with Crippen LogP contribution in [0.25, 0.3) is 0 Å². The van der Waals surface area contributed by atoms with Crippen LogP contribution in [0.3, 0.4) is 0 Å². The minimum atomic E-state index is -0.0237. The van der Waals surface area contributed by atoms with Crippen molar-refractivity contribution in [2.45, 2.75) is 51.5 Å².